The van der Waals surface area contributed by atoms with E-state index in [9.17, 15) is 0 Å². The van der Waals surface area contributed by atoms with Crippen molar-refractivity contribution in [2.24, 2.45) is 4.99 Å². The van der Waals surface area contributed by atoms with E-state index in [0.717, 1.165) is 44.8 Å². The van der Waals surface area contributed by atoms with Crippen LogP contribution in [0.15, 0.2) is 29.5 Å². The highest BCUT2D eigenvalue weighted by Crippen LogP contribution is 2.13. The van der Waals surface area contributed by atoms with Crippen molar-refractivity contribution in [3.63, 3.8) is 0 Å². The van der Waals surface area contributed by atoms with Gasteiger partial charge >= 0.3 is 0 Å². The predicted molar refractivity (Wildman–Crippen MR) is 83.2 cm³/mol. The van der Waals surface area contributed by atoms with Gasteiger partial charge in [-0.3, -0.25) is 5.41 Å². The summed E-state index contributed by atoms with van der Waals surface area (Å²) in [6, 6.07) is 0.434. The minimum Gasteiger partial charge on any atom is -0.393 e. The van der Waals surface area contributed by atoms with E-state index in [4.69, 9.17) is 10.1 Å². The topological polar surface area (TPSA) is 72.7 Å². The zero-order valence-electron chi connectivity index (χ0n) is 12.3. The average Bonchev–Trinajstić information content (AvgIpc) is 2.50. The molecule has 0 amide bonds. The van der Waals surface area contributed by atoms with E-state index >= 15 is 0 Å². The molecule has 0 spiro atoms. The maximum absolute atomic E-state index is 7.18. The van der Waals surface area contributed by atoms with Gasteiger partial charge in [0, 0.05) is 52.3 Å². The number of hydrogen-bond acceptors (Lipinski definition) is 4. The summed E-state index contributed by atoms with van der Waals surface area (Å²) in [6.07, 6.45) is 10.7. The van der Waals surface area contributed by atoms with E-state index in [1.54, 1.807) is 0 Å². The third-order valence-corrected chi connectivity index (χ3v) is 3.17. The van der Waals surface area contributed by atoms with Crippen molar-refractivity contribution < 1.29 is 4.74 Å². The number of aliphatic imine (C=N–C) groups is 1. The predicted octanol–water partition coefficient (Wildman–Crippen LogP) is 0.939. The zero-order valence-corrected chi connectivity index (χ0v) is 12.3. The Hall–Kier alpha value is -1.82. The normalized spacial score (nSPS) is 17.6. The van der Waals surface area contributed by atoms with Gasteiger partial charge in [0.25, 0.3) is 0 Å². The molecule has 1 aliphatic rings. The molecule has 1 rings (SSSR count). The molecule has 1 saturated heterocycles. The van der Waals surface area contributed by atoms with E-state index in [-0.39, 0.29) is 0 Å². The fourth-order valence-electron chi connectivity index (χ4n) is 2.02. The molecule has 3 N–H and O–H groups in total. The first-order valence-corrected chi connectivity index (χ1v) is 6.89. The lowest BCUT2D eigenvalue weighted by molar-refractivity contribution is 0.0608. The molecule has 112 valence electrons. The van der Waals surface area contributed by atoms with Crippen LogP contribution in [0.25, 0.3) is 0 Å². The molecule has 20 heavy (non-hydrogen) atoms. The van der Waals surface area contributed by atoms with Crippen molar-refractivity contribution in [3.05, 3.63) is 24.6 Å². The first kappa shape index (κ1) is 16.2. The Morgan fingerprint density at radius 3 is 2.80 bits per heavy atom. The van der Waals surface area contributed by atoms with Crippen LogP contribution in [0, 0.1) is 5.41 Å². The highest BCUT2D eigenvalue weighted by atomic mass is 16.5. The number of nitrogens with zero attached hydrogens (tertiary/aromatic N) is 2. The first-order chi connectivity index (χ1) is 9.79. The molecule has 0 atom stereocenters. The number of likely N-dealkylation sites (N-methyl/N-ethyl adjacent to an activating group) is 1. The van der Waals surface area contributed by atoms with Crippen LogP contribution in [-0.4, -0.2) is 57.0 Å². The van der Waals surface area contributed by atoms with Crippen LogP contribution in [0.2, 0.25) is 0 Å². The fraction of sp³-hybridized carbons (Fsp3) is 0.571. The molecule has 0 radical (unpaired) electrons. The Labute approximate surface area is 121 Å². The van der Waals surface area contributed by atoms with Crippen molar-refractivity contribution >= 4 is 12.2 Å². The van der Waals surface area contributed by atoms with Crippen LogP contribution in [0.5, 0.6) is 0 Å². The quantitative estimate of drug-likeness (QED) is 0.368. The summed E-state index contributed by atoms with van der Waals surface area (Å²) in [5.41, 5.74) is 0. The minimum atomic E-state index is 0.434. The number of nitrogens with one attached hydrogen (secondary N) is 3. The summed E-state index contributed by atoms with van der Waals surface area (Å²) < 4.78 is 5.37. The Morgan fingerprint density at radius 1 is 1.40 bits per heavy atom. The van der Waals surface area contributed by atoms with E-state index in [0.29, 0.717) is 6.04 Å². The van der Waals surface area contributed by atoms with Crippen LogP contribution >= 0.6 is 0 Å². The smallest absolute Gasteiger partial charge is 0.130 e. The Balaban J connectivity index is 2.50. The summed E-state index contributed by atoms with van der Waals surface area (Å²) in [6.45, 7) is 2.32. The van der Waals surface area contributed by atoms with Gasteiger partial charge < -0.3 is 20.3 Å². The van der Waals surface area contributed by atoms with Gasteiger partial charge in [0.05, 0.1) is 0 Å². The second-order valence-electron chi connectivity index (χ2n) is 4.50. The maximum Gasteiger partial charge on any atom is 0.130 e. The SMILES string of the molecule is CN/C=C\NC/C=C/C(=NC=N)N(C)C1CCOCC1. The minimum absolute atomic E-state index is 0.434. The zero-order chi connectivity index (χ0) is 14.6. The monoisotopic (exact) mass is 279 g/mol. The molecular formula is C14H25N5O. The third-order valence-electron chi connectivity index (χ3n) is 3.17. The molecule has 0 bridgehead atoms. The van der Waals surface area contributed by atoms with Crippen LogP contribution in [0.3, 0.4) is 0 Å². The van der Waals surface area contributed by atoms with Gasteiger partial charge in [-0.2, -0.15) is 0 Å². The molecule has 0 aliphatic carbocycles. The molecule has 0 unspecified atom stereocenters. The standard InChI is InChI=1S/C14H25N5O/c1-16-8-9-17-7-3-4-14(18-12-15)19(2)13-5-10-20-11-6-13/h3-4,8-9,12-13,15-17H,5-7,10-11H2,1-2H3/b4-3+,9-8-,15-12?,18-14?. The van der Waals surface area contributed by atoms with Gasteiger partial charge in [-0.15, -0.1) is 0 Å². The Kier molecular flexibility index (Phi) is 8.14. The summed E-state index contributed by atoms with van der Waals surface area (Å²) in [5, 5.41) is 13.2. The van der Waals surface area contributed by atoms with E-state index < -0.39 is 0 Å². The van der Waals surface area contributed by atoms with Crippen molar-refractivity contribution in [3.8, 4) is 0 Å². The Bertz CT molecular complexity index is 359. The molecule has 0 aromatic rings. The van der Waals surface area contributed by atoms with Crippen LogP contribution < -0.4 is 10.6 Å². The number of ether oxygens (including phenoxy) is 1. The third kappa shape index (κ3) is 5.88. The highest BCUT2D eigenvalue weighted by Gasteiger charge is 2.19. The second-order valence-corrected chi connectivity index (χ2v) is 4.50. The molecule has 1 heterocycles. The summed E-state index contributed by atoms with van der Waals surface area (Å²) >= 11 is 0. The van der Waals surface area contributed by atoms with Crippen LogP contribution in [0.4, 0.5) is 0 Å². The van der Waals surface area contributed by atoms with Gasteiger partial charge in [-0.05, 0) is 18.9 Å². The van der Waals surface area contributed by atoms with E-state index in [1.165, 1.54) is 0 Å². The molecule has 6 heteroatoms. The van der Waals surface area contributed by atoms with Gasteiger partial charge in [-0.25, -0.2) is 4.99 Å². The van der Waals surface area contributed by atoms with Gasteiger partial charge in [-0.1, -0.05) is 6.08 Å². The summed E-state index contributed by atoms with van der Waals surface area (Å²) in [4.78, 5) is 6.26. The number of amidine groups is 1. The average molecular weight is 279 g/mol. The van der Waals surface area contributed by atoms with Crippen LogP contribution in [-0.2, 0) is 4.74 Å². The number of rotatable bonds is 7. The van der Waals surface area contributed by atoms with Crippen molar-refractivity contribution in [1.29, 1.82) is 5.41 Å². The summed E-state index contributed by atoms with van der Waals surface area (Å²) in [7, 11) is 3.88. The van der Waals surface area contributed by atoms with Crippen molar-refractivity contribution in [1.82, 2.24) is 15.5 Å². The van der Waals surface area contributed by atoms with Gasteiger partial charge in [0.1, 0.15) is 12.2 Å². The van der Waals surface area contributed by atoms with Crippen LogP contribution in [0.1, 0.15) is 12.8 Å². The lowest BCUT2D eigenvalue weighted by Gasteiger charge is -2.32. The van der Waals surface area contributed by atoms with Gasteiger partial charge in [0.15, 0.2) is 0 Å². The molecule has 0 saturated carbocycles. The molecule has 0 aromatic carbocycles. The second kappa shape index (κ2) is 10.0. The molecule has 6 nitrogen and oxygen atoms in total. The highest BCUT2D eigenvalue weighted by molar-refractivity contribution is 5.97. The van der Waals surface area contributed by atoms with E-state index in [2.05, 4.69) is 20.5 Å². The van der Waals surface area contributed by atoms with Crippen molar-refractivity contribution in [2.45, 2.75) is 18.9 Å². The van der Waals surface area contributed by atoms with Crippen molar-refractivity contribution in [2.75, 3.05) is 33.9 Å². The van der Waals surface area contributed by atoms with E-state index in [1.807, 2.05) is 38.6 Å². The van der Waals surface area contributed by atoms with Gasteiger partial charge in [0.2, 0.25) is 0 Å². The molecule has 0 aromatic heterocycles. The largest absolute Gasteiger partial charge is 0.393 e. The lowest BCUT2D eigenvalue weighted by Crippen LogP contribution is -2.40. The summed E-state index contributed by atoms with van der Waals surface area (Å²) in [5.74, 6) is 0.811. The fourth-order valence-corrected chi connectivity index (χ4v) is 2.02. The number of hydrogen-bond donors (Lipinski definition) is 3. The molecule has 1 aliphatic heterocycles. The Morgan fingerprint density at radius 2 is 2.15 bits per heavy atom. The lowest BCUT2D eigenvalue weighted by atomic mass is 10.1. The first-order valence-electron chi connectivity index (χ1n) is 6.89. The molecule has 1 fully saturated rings. The maximum atomic E-state index is 7.18. The molecular weight excluding hydrogens is 254 g/mol.